The molecule has 0 bridgehead atoms. The van der Waals surface area contributed by atoms with Crippen LogP contribution in [0.5, 0.6) is 0 Å². The van der Waals surface area contributed by atoms with Gasteiger partial charge in [0.2, 0.25) is 0 Å². The van der Waals surface area contributed by atoms with Crippen molar-refractivity contribution in [1.82, 2.24) is 14.8 Å². The van der Waals surface area contributed by atoms with Crippen LogP contribution >= 0.6 is 0 Å². The molecule has 1 aliphatic heterocycles. The first-order valence-corrected chi connectivity index (χ1v) is 13.2. The Morgan fingerprint density at radius 1 is 1.18 bits per heavy atom. The number of sulfone groups is 1. The van der Waals surface area contributed by atoms with E-state index in [9.17, 15) is 18.0 Å². The molecule has 3 aromatic rings. The molecule has 5 rings (SSSR count). The van der Waals surface area contributed by atoms with Gasteiger partial charge in [-0.15, -0.1) is 0 Å². The number of para-hydroxylation sites is 1. The monoisotopic (exact) mass is 482 g/mol. The van der Waals surface area contributed by atoms with E-state index >= 15 is 0 Å². The average molecular weight is 483 g/mol. The van der Waals surface area contributed by atoms with Crippen molar-refractivity contribution in [3.05, 3.63) is 53.3 Å². The summed E-state index contributed by atoms with van der Waals surface area (Å²) in [5, 5.41) is 7.84. The molecule has 2 fully saturated rings. The van der Waals surface area contributed by atoms with Gasteiger partial charge >= 0.3 is 5.97 Å². The van der Waals surface area contributed by atoms with E-state index in [-0.39, 0.29) is 23.5 Å². The lowest BCUT2D eigenvalue weighted by Crippen LogP contribution is -2.30. The van der Waals surface area contributed by atoms with Gasteiger partial charge in [-0.1, -0.05) is 18.2 Å². The number of rotatable bonds is 6. The number of esters is 1. The van der Waals surface area contributed by atoms with E-state index in [0.717, 1.165) is 18.5 Å². The van der Waals surface area contributed by atoms with Gasteiger partial charge < -0.3 is 10.1 Å². The van der Waals surface area contributed by atoms with Crippen LogP contribution in [0.2, 0.25) is 0 Å². The fourth-order valence-electron chi connectivity index (χ4n) is 4.35. The third kappa shape index (κ3) is 4.42. The number of carbonyl (C=O) groups excluding carboxylic acids is 2. The second kappa shape index (κ2) is 8.50. The first-order valence-electron chi connectivity index (χ1n) is 11.4. The van der Waals surface area contributed by atoms with Crippen molar-refractivity contribution in [3.63, 3.8) is 0 Å². The number of carbonyl (C=O) groups is 2. The number of ether oxygens (including phenoxy) is 1. The van der Waals surface area contributed by atoms with Gasteiger partial charge in [0.1, 0.15) is 0 Å². The van der Waals surface area contributed by atoms with E-state index in [0.29, 0.717) is 34.4 Å². The van der Waals surface area contributed by atoms with Crippen LogP contribution in [-0.2, 0) is 19.4 Å². The normalized spacial score (nSPS) is 20.2. The highest BCUT2D eigenvalue weighted by Crippen LogP contribution is 2.41. The summed E-state index contributed by atoms with van der Waals surface area (Å²) in [6.07, 6.45) is 1.40. The quantitative estimate of drug-likeness (QED) is 0.536. The van der Waals surface area contributed by atoms with E-state index in [1.54, 1.807) is 41.9 Å². The molecule has 2 aliphatic rings. The summed E-state index contributed by atoms with van der Waals surface area (Å²) < 4.78 is 31.3. The minimum atomic E-state index is -3.12. The maximum absolute atomic E-state index is 13.2. The van der Waals surface area contributed by atoms with Crippen molar-refractivity contribution in [1.29, 1.82) is 0 Å². The highest BCUT2D eigenvalue weighted by atomic mass is 32.2. The molecule has 3 heterocycles. The molecule has 34 heavy (non-hydrogen) atoms. The molecule has 9 nitrogen and oxygen atoms in total. The summed E-state index contributed by atoms with van der Waals surface area (Å²) >= 11 is 0. The Kier molecular flexibility index (Phi) is 5.63. The van der Waals surface area contributed by atoms with E-state index in [1.165, 1.54) is 6.92 Å². The predicted octanol–water partition coefficient (Wildman–Crippen LogP) is 3.16. The topological polar surface area (TPSA) is 120 Å². The molecule has 10 heteroatoms. The number of hydrogen-bond donors (Lipinski definition) is 1. The van der Waals surface area contributed by atoms with Crippen LogP contribution in [0.3, 0.4) is 0 Å². The third-order valence-corrected chi connectivity index (χ3v) is 8.07. The van der Waals surface area contributed by atoms with Gasteiger partial charge in [-0.25, -0.2) is 22.9 Å². The second-order valence-corrected chi connectivity index (χ2v) is 11.3. The van der Waals surface area contributed by atoms with E-state index in [2.05, 4.69) is 10.4 Å². The zero-order chi connectivity index (χ0) is 24.0. The van der Waals surface area contributed by atoms with E-state index in [4.69, 9.17) is 9.72 Å². The third-order valence-electron chi connectivity index (χ3n) is 6.32. The highest BCUT2D eigenvalue weighted by Gasteiger charge is 2.34. The molecule has 1 saturated heterocycles. The summed E-state index contributed by atoms with van der Waals surface area (Å²) in [6, 6.07) is 10.4. The molecule has 1 N–H and O–H groups in total. The lowest BCUT2D eigenvalue weighted by atomic mass is 10.1. The predicted molar refractivity (Wildman–Crippen MR) is 126 cm³/mol. The Hall–Kier alpha value is -3.27. The molecule has 0 unspecified atom stereocenters. The van der Waals surface area contributed by atoms with Gasteiger partial charge in [0.05, 0.1) is 34.2 Å². The van der Waals surface area contributed by atoms with Gasteiger partial charge in [-0.05, 0) is 51.3 Å². The Labute approximate surface area is 197 Å². The van der Waals surface area contributed by atoms with Gasteiger partial charge in [-0.2, -0.15) is 5.10 Å². The molecule has 178 valence electrons. The molecule has 1 saturated carbocycles. The van der Waals surface area contributed by atoms with Crippen molar-refractivity contribution in [2.45, 2.75) is 51.2 Å². The van der Waals surface area contributed by atoms with Crippen LogP contribution in [0.4, 0.5) is 5.69 Å². The number of fused-ring (bicyclic) bond motifs is 1. The minimum absolute atomic E-state index is 0.00896. The number of amides is 1. The average Bonchev–Trinajstić information content (AvgIpc) is 3.52. The molecule has 2 aromatic heterocycles. The number of anilines is 1. The SMILES string of the molecule is Cc1nn([C@@H]2CCS(=O)(=O)C2)c2nc(C3CC3)cc(C(=O)O[C@@H](C)C(=O)Nc3ccccc3)c12. The summed E-state index contributed by atoms with van der Waals surface area (Å²) in [4.78, 5) is 30.6. The van der Waals surface area contributed by atoms with Crippen molar-refractivity contribution in [2.75, 3.05) is 16.8 Å². The first kappa shape index (κ1) is 22.5. The van der Waals surface area contributed by atoms with Crippen molar-refractivity contribution < 1.29 is 22.7 Å². The molecule has 1 aromatic carbocycles. The minimum Gasteiger partial charge on any atom is -0.449 e. The van der Waals surface area contributed by atoms with Crippen molar-refractivity contribution in [2.24, 2.45) is 0 Å². The Morgan fingerprint density at radius 3 is 2.56 bits per heavy atom. The van der Waals surface area contributed by atoms with Crippen LogP contribution in [0.15, 0.2) is 36.4 Å². The number of aromatic nitrogens is 3. The summed E-state index contributed by atoms with van der Waals surface area (Å²) in [5.41, 5.74) is 2.75. The van der Waals surface area contributed by atoms with Crippen molar-refractivity contribution in [3.8, 4) is 0 Å². The Bertz CT molecular complexity index is 1380. The lowest BCUT2D eigenvalue weighted by Gasteiger charge is -2.15. The van der Waals surface area contributed by atoms with Crippen LogP contribution < -0.4 is 5.32 Å². The summed E-state index contributed by atoms with van der Waals surface area (Å²) in [6.45, 7) is 3.29. The standard InChI is InChI=1S/C24H26N4O5S/c1-14-21-19(24(30)33-15(2)23(29)25-17-6-4-3-5-7-17)12-20(16-8-9-16)26-22(21)28(27-14)18-10-11-34(31,32)13-18/h3-7,12,15-16,18H,8-11,13H2,1-2H3,(H,25,29)/t15-,18+/m0/s1. The van der Waals surface area contributed by atoms with Gasteiger partial charge in [0.15, 0.2) is 21.6 Å². The number of benzene rings is 1. The van der Waals surface area contributed by atoms with Crippen LogP contribution in [-0.4, -0.2) is 52.7 Å². The fraction of sp³-hybridized carbons (Fsp3) is 0.417. The zero-order valence-electron chi connectivity index (χ0n) is 19.0. The summed E-state index contributed by atoms with van der Waals surface area (Å²) in [7, 11) is -3.12. The smallest absolute Gasteiger partial charge is 0.339 e. The molecule has 0 spiro atoms. The largest absolute Gasteiger partial charge is 0.449 e. The number of hydrogen-bond acceptors (Lipinski definition) is 7. The zero-order valence-corrected chi connectivity index (χ0v) is 19.8. The van der Waals surface area contributed by atoms with Gasteiger partial charge in [0, 0.05) is 17.3 Å². The molecular weight excluding hydrogens is 456 g/mol. The number of aryl methyl sites for hydroxylation is 1. The summed E-state index contributed by atoms with van der Waals surface area (Å²) in [5.74, 6) is -0.688. The van der Waals surface area contributed by atoms with E-state index in [1.807, 2.05) is 6.07 Å². The number of pyridine rings is 1. The first-order chi connectivity index (χ1) is 16.2. The number of nitrogens with zero attached hydrogens (tertiary/aromatic N) is 3. The fourth-order valence-corrected chi connectivity index (χ4v) is 6.04. The molecule has 1 amide bonds. The van der Waals surface area contributed by atoms with E-state index < -0.39 is 27.8 Å². The Balaban J connectivity index is 1.46. The van der Waals surface area contributed by atoms with Crippen LogP contribution in [0.1, 0.15) is 59.9 Å². The molecule has 2 atom stereocenters. The molecule has 0 radical (unpaired) electrons. The van der Waals surface area contributed by atoms with Crippen LogP contribution in [0.25, 0.3) is 11.0 Å². The lowest BCUT2D eigenvalue weighted by molar-refractivity contribution is -0.123. The highest BCUT2D eigenvalue weighted by molar-refractivity contribution is 7.91. The number of nitrogens with one attached hydrogen (secondary N) is 1. The maximum atomic E-state index is 13.2. The maximum Gasteiger partial charge on any atom is 0.339 e. The van der Waals surface area contributed by atoms with Crippen LogP contribution in [0, 0.1) is 6.92 Å². The molecular formula is C24H26N4O5S. The van der Waals surface area contributed by atoms with Gasteiger partial charge in [0.25, 0.3) is 5.91 Å². The Morgan fingerprint density at radius 2 is 1.91 bits per heavy atom. The van der Waals surface area contributed by atoms with Gasteiger partial charge in [-0.3, -0.25) is 4.79 Å². The molecule has 1 aliphatic carbocycles. The van der Waals surface area contributed by atoms with Crippen molar-refractivity contribution >= 4 is 38.4 Å². The second-order valence-electron chi connectivity index (χ2n) is 9.06.